The first-order valence-corrected chi connectivity index (χ1v) is 6.69. The summed E-state index contributed by atoms with van der Waals surface area (Å²) in [7, 11) is 0. The molecule has 1 aromatic carbocycles. The molecule has 0 aromatic heterocycles. The molecule has 1 aliphatic rings. The predicted molar refractivity (Wildman–Crippen MR) is 75.8 cm³/mol. The van der Waals surface area contributed by atoms with Gasteiger partial charge in [0.25, 0.3) is 0 Å². The van der Waals surface area contributed by atoms with Gasteiger partial charge >= 0.3 is 12.0 Å². The number of carbonyl (C=O) groups is 2. The lowest BCUT2D eigenvalue weighted by atomic mass is 10.2. The molecule has 0 aliphatic carbocycles. The van der Waals surface area contributed by atoms with Crippen LogP contribution in [0.15, 0.2) is 18.2 Å². The average molecular weight is 315 g/mol. The van der Waals surface area contributed by atoms with Crippen molar-refractivity contribution in [3.05, 3.63) is 28.8 Å². The Kier molecular flexibility index (Phi) is 5.00. The van der Waals surface area contributed by atoms with Crippen molar-refractivity contribution in [3.8, 4) is 0 Å². The highest BCUT2D eigenvalue weighted by molar-refractivity contribution is 6.33. The van der Waals surface area contributed by atoms with E-state index in [2.05, 4.69) is 5.32 Å². The van der Waals surface area contributed by atoms with Gasteiger partial charge in [0.2, 0.25) is 0 Å². The summed E-state index contributed by atoms with van der Waals surface area (Å²) in [6.07, 6.45) is 0. The number of ether oxygens (including phenoxy) is 1. The van der Waals surface area contributed by atoms with E-state index in [4.69, 9.17) is 21.4 Å². The van der Waals surface area contributed by atoms with Crippen molar-refractivity contribution in [1.82, 2.24) is 4.90 Å². The van der Waals surface area contributed by atoms with Crippen LogP contribution in [0.3, 0.4) is 0 Å². The molecule has 3 N–H and O–H groups in total. The zero-order chi connectivity index (χ0) is 15.4. The highest BCUT2D eigenvalue weighted by Gasteiger charge is 2.26. The summed E-state index contributed by atoms with van der Waals surface area (Å²) in [5, 5.41) is 20.8. The largest absolute Gasteiger partial charge is 0.478 e. The Hall–Kier alpha value is -1.83. The molecule has 21 heavy (non-hydrogen) atoms. The van der Waals surface area contributed by atoms with Crippen LogP contribution in [0.5, 0.6) is 0 Å². The van der Waals surface area contributed by atoms with Gasteiger partial charge in [-0.25, -0.2) is 9.59 Å². The molecule has 1 heterocycles. The molecule has 1 saturated heterocycles. The number of benzene rings is 1. The van der Waals surface area contributed by atoms with Crippen LogP contribution >= 0.6 is 11.6 Å². The quantitative estimate of drug-likeness (QED) is 0.780. The standard InChI is InChI=1S/C13H15ClN2O5/c14-11-5-8(1-2-10(11)12(18)19)15-13(20)16-3-4-21-7-9(16)6-17/h1-2,5,9,17H,3-4,6-7H2,(H,15,20)(H,18,19). The second-order valence-corrected chi connectivity index (χ2v) is 4.94. The molecule has 0 saturated carbocycles. The number of carboxylic acids is 1. The summed E-state index contributed by atoms with van der Waals surface area (Å²) < 4.78 is 5.20. The van der Waals surface area contributed by atoms with E-state index in [0.29, 0.717) is 18.8 Å². The lowest BCUT2D eigenvalue weighted by Gasteiger charge is -2.34. The Morgan fingerprint density at radius 3 is 2.86 bits per heavy atom. The summed E-state index contributed by atoms with van der Waals surface area (Å²) in [6, 6.07) is 3.37. The number of nitrogens with one attached hydrogen (secondary N) is 1. The summed E-state index contributed by atoms with van der Waals surface area (Å²) in [5.41, 5.74) is 0.354. The van der Waals surface area contributed by atoms with Gasteiger partial charge in [-0.1, -0.05) is 11.6 Å². The molecule has 8 heteroatoms. The number of carboxylic acid groups (broad SMARTS) is 1. The highest BCUT2D eigenvalue weighted by atomic mass is 35.5. The highest BCUT2D eigenvalue weighted by Crippen LogP contribution is 2.21. The lowest BCUT2D eigenvalue weighted by Crippen LogP contribution is -2.52. The average Bonchev–Trinajstić information content (AvgIpc) is 2.46. The maximum Gasteiger partial charge on any atom is 0.337 e. The number of urea groups is 1. The minimum Gasteiger partial charge on any atom is -0.478 e. The van der Waals surface area contributed by atoms with E-state index in [1.165, 1.54) is 23.1 Å². The second-order valence-electron chi connectivity index (χ2n) is 4.53. The van der Waals surface area contributed by atoms with Gasteiger partial charge in [-0.05, 0) is 18.2 Å². The first-order valence-electron chi connectivity index (χ1n) is 6.32. The minimum atomic E-state index is -1.13. The summed E-state index contributed by atoms with van der Waals surface area (Å²) in [5.74, 6) is -1.13. The topological polar surface area (TPSA) is 99.1 Å². The smallest absolute Gasteiger partial charge is 0.337 e. The van der Waals surface area contributed by atoms with Gasteiger partial charge in [0, 0.05) is 12.2 Å². The van der Waals surface area contributed by atoms with Crippen molar-refractivity contribution < 1.29 is 24.5 Å². The third kappa shape index (κ3) is 3.63. The number of nitrogens with zero attached hydrogens (tertiary/aromatic N) is 1. The molecule has 2 rings (SSSR count). The zero-order valence-electron chi connectivity index (χ0n) is 11.1. The van der Waals surface area contributed by atoms with Crippen molar-refractivity contribution in [2.24, 2.45) is 0 Å². The first-order chi connectivity index (χ1) is 10.0. The molecular formula is C13H15ClN2O5. The number of morpholine rings is 1. The van der Waals surface area contributed by atoms with Crippen LogP contribution in [0.25, 0.3) is 0 Å². The van der Waals surface area contributed by atoms with Gasteiger partial charge in [0.15, 0.2) is 0 Å². The van der Waals surface area contributed by atoms with E-state index in [-0.39, 0.29) is 23.8 Å². The fourth-order valence-corrected chi connectivity index (χ4v) is 2.30. The summed E-state index contributed by atoms with van der Waals surface area (Å²) in [4.78, 5) is 24.5. The Labute approximate surface area is 126 Å². The Bertz CT molecular complexity index is 551. The van der Waals surface area contributed by atoms with Crippen molar-refractivity contribution >= 4 is 29.3 Å². The van der Waals surface area contributed by atoms with Crippen LogP contribution in [0.1, 0.15) is 10.4 Å². The van der Waals surface area contributed by atoms with Crippen molar-refractivity contribution in [2.75, 3.05) is 31.7 Å². The zero-order valence-corrected chi connectivity index (χ0v) is 11.8. The number of aliphatic hydroxyl groups is 1. The van der Waals surface area contributed by atoms with E-state index in [9.17, 15) is 14.7 Å². The van der Waals surface area contributed by atoms with E-state index in [0.717, 1.165) is 0 Å². The second kappa shape index (κ2) is 6.75. The van der Waals surface area contributed by atoms with Crippen molar-refractivity contribution in [1.29, 1.82) is 0 Å². The molecule has 1 aromatic rings. The van der Waals surface area contributed by atoms with Gasteiger partial charge in [-0.3, -0.25) is 0 Å². The van der Waals surface area contributed by atoms with Crippen LogP contribution in [-0.4, -0.2) is 59.5 Å². The SMILES string of the molecule is O=C(O)c1ccc(NC(=O)N2CCOCC2CO)cc1Cl. The monoisotopic (exact) mass is 314 g/mol. The van der Waals surface area contributed by atoms with Gasteiger partial charge < -0.3 is 25.2 Å². The number of aliphatic hydroxyl groups excluding tert-OH is 1. The fraction of sp³-hybridized carbons (Fsp3) is 0.385. The molecule has 2 amide bonds. The number of aromatic carboxylic acids is 1. The molecule has 1 fully saturated rings. The van der Waals surface area contributed by atoms with Gasteiger partial charge in [-0.15, -0.1) is 0 Å². The third-order valence-electron chi connectivity index (χ3n) is 3.15. The van der Waals surface area contributed by atoms with Crippen molar-refractivity contribution in [2.45, 2.75) is 6.04 Å². The first kappa shape index (κ1) is 15.6. The number of hydrogen-bond acceptors (Lipinski definition) is 4. The van der Waals surface area contributed by atoms with E-state index in [1.54, 1.807) is 0 Å². The number of hydrogen-bond donors (Lipinski definition) is 3. The summed E-state index contributed by atoms with van der Waals surface area (Å²) in [6.45, 7) is 0.870. The van der Waals surface area contributed by atoms with Crippen LogP contribution in [-0.2, 0) is 4.74 Å². The van der Waals surface area contributed by atoms with Crippen LogP contribution in [0.4, 0.5) is 10.5 Å². The van der Waals surface area contributed by atoms with E-state index in [1.807, 2.05) is 0 Å². The lowest BCUT2D eigenvalue weighted by molar-refractivity contribution is -0.00485. The van der Waals surface area contributed by atoms with Gasteiger partial charge in [0.1, 0.15) is 0 Å². The third-order valence-corrected chi connectivity index (χ3v) is 3.46. The molecule has 1 aliphatic heterocycles. The van der Waals surface area contributed by atoms with Crippen LogP contribution in [0.2, 0.25) is 5.02 Å². The number of carbonyl (C=O) groups excluding carboxylic acids is 1. The number of amides is 2. The van der Waals surface area contributed by atoms with E-state index < -0.39 is 18.0 Å². The summed E-state index contributed by atoms with van der Waals surface area (Å²) >= 11 is 5.84. The Morgan fingerprint density at radius 2 is 2.24 bits per heavy atom. The molecule has 7 nitrogen and oxygen atoms in total. The number of halogens is 1. The van der Waals surface area contributed by atoms with E-state index >= 15 is 0 Å². The number of anilines is 1. The minimum absolute atomic E-state index is 0.0331. The predicted octanol–water partition coefficient (Wildman–Crippen LogP) is 1.26. The van der Waals surface area contributed by atoms with Crippen LogP contribution in [0, 0.1) is 0 Å². The normalized spacial score (nSPS) is 18.4. The molecule has 0 spiro atoms. The maximum absolute atomic E-state index is 12.2. The van der Waals surface area contributed by atoms with Crippen molar-refractivity contribution in [3.63, 3.8) is 0 Å². The molecule has 1 unspecified atom stereocenters. The molecular weight excluding hydrogens is 300 g/mol. The Morgan fingerprint density at radius 1 is 1.48 bits per heavy atom. The van der Waals surface area contributed by atoms with Gasteiger partial charge in [-0.2, -0.15) is 0 Å². The maximum atomic E-state index is 12.2. The molecule has 0 bridgehead atoms. The number of rotatable bonds is 3. The molecule has 0 radical (unpaired) electrons. The van der Waals surface area contributed by atoms with Crippen LogP contribution < -0.4 is 5.32 Å². The van der Waals surface area contributed by atoms with Gasteiger partial charge in [0.05, 0.1) is 36.4 Å². The molecule has 114 valence electrons. The molecule has 1 atom stereocenters. The fourth-order valence-electron chi connectivity index (χ4n) is 2.04. The Balaban J connectivity index is 2.08.